The second-order valence-electron chi connectivity index (χ2n) is 5.67. The van der Waals surface area contributed by atoms with Gasteiger partial charge in [-0.25, -0.2) is 0 Å². The van der Waals surface area contributed by atoms with Gasteiger partial charge in [0, 0.05) is 22.9 Å². The monoisotopic (exact) mass is 360 g/mol. The minimum Gasteiger partial charge on any atom is -0.495 e. The lowest BCUT2D eigenvalue weighted by atomic mass is 10.1. The van der Waals surface area contributed by atoms with E-state index in [2.05, 4.69) is 10.6 Å². The number of benzene rings is 2. The van der Waals surface area contributed by atoms with E-state index >= 15 is 0 Å². The van der Waals surface area contributed by atoms with Crippen LogP contribution in [0.3, 0.4) is 0 Å². The highest BCUT2D eigenvalue weighted by Gasteiger charge is 2.13. The predicted molar refractivity (Wildman–Crippen MR) is 99.6 cm³/mol. The van der Waals surface area contributed by atoms with Crippen molar-refractivity contribution in [2.45, 2.75) is 26.3 Å². The molecule has 0 saturated heterocycles. The Balaban J connectivity index is 2.13. The van der Waals surface area contributed by atoms with E-state index in [9.17, 15) is 9.59 Å². The van der Waals surface area contributed by atoms with Crippen molar-refractivity contribution in [3.05, 3.63) is 58.6 Å². The van der Waals surface area contributed by atoms with Gasteiger partial charge in [0.1, 0.15) is 5.75 Å². The van der Waals surface area contributed by atoms with Crippen molar-refractivity contribution in [3.63, 3.8) is 0 Å². The van der Waals surface area contributed by atoms with Crippen LogP contribution in [0.15, 0.2) is 42.5 Å². The summed E-state index contributed by atoms with van der Waals surface area (Å²) >= 11 is 6.06. The van der Waals surface area contributed by atoms with Crippen LogP contribution < -0.4 is 15.4 Å². The zero-order chi connectivity index (χ0) is 18.4. The molecule has 0 aromatic heterocycles. The second kappa shape index (κ2) is 8.53. The molecule has 1 unspecified atom stereocenters. The normalized spacial score (nSPS) is 11.5. The maximum Gasteiger partial charge on any atom is 0.255 e. The van der Waals surface area contributed by atoms with Gasteiger partial charge >= 0.3 is 0 Å². The van der Waals surface area contributed by atoms with Crippen LogP contribution in [0.4, 0.5) is 5.69 Å². The fourth-order valence-electron chi connectivity index (χ4n) is 2.16. The van der Waals surface area contributed by atoms with Crippen LogP contribution in [0, 0.1) is 0 Å². The number of hydrogen-bond donors (Lipinski definition) is 2. The third-order valence-corrected chi connectivity index (χ3v) is 4.08. The van der Waals surface area contributed by atoms with Gasteiger partial charge in [-0.05, 0) is 49.7 Å². The zero-order valence-electron chi connectivity index (χ0n) is 14.4. The van der Waals surface area contributed by atoms with E-state index in [-0.39, 0.29) is 17.9 Å². The summed E-state index contributed by atoms with van der Waals surface area (Å²) in [4.78, 5) is 24.6. The third-order valence-electron chi connectivity index (χ3n) is 3.79. The molecule has 2 N–H and O–H groups in total. The number of carbonyl (C=O) groups is 2. The van der Waals surface area contributed by atoms with Gasteiger partial charge in [-0.2, -0.15) is 0 Å². The quantitative estimate of drug-likeness (QED) is 0.813. The topological polar surface area (TPSA) is 67.4 Å². The molecule has 1 atom stereocenters. The lowest BCUT2D eigenvalue weighted by molar-refractivity contribution is 0.0939. The Hall–Kier alpha value is -2.53. The average molecular weight is 361 g/mol. The largest absolute Gasteiger partial charge is 0.495 e. The Kier molecular flexibility index (Phi) is 6.42. The van der Waals surface area contributed by atoms with E-state index in [1.54, 1.807) is 42.5 Å². The molecule has 0 fully saturated rings. The number of nitrogens with one attached hydrogen (secondary N) is 2. The summed E-state index contributed by atoms with van der Waals surface area (Å²) in [7, 11) is 1.52. The van der Waals surface area contributed by atoms with Gasteiger partial charge in [0.25, 0.3) is 11.8 Å². The van der Waals surface area contributed by atoms with E-state index in [1.807, 2.05) is 13.8 Å². The van der Waals surface area contributed by atoms with Gasteiger partial charge in [-0.3, -0.25) is 9.59 Å². The molecule has 2 rings (SSSR count). The van der Waals surface area contributed by atoms with Gasteiger partial charge in [0.2, 0.25) is 0 Å². The predicted octanol–water partition coefficient (Wildman–Crippen LogP) is 4.13. The number of anilines is 1. The van der Waals surface area contributed by atoms with Crippen LogP contribution >= 0.6 is 11.6 Å². The van der Waals surface area contributed by atoms with Crippen molar-refractivity contribution in [3.8, 4) is 5.75 Å². The van der Waals surface area contributed by atoms with Crippen molar-refractivity contribution >= 4 is 29.1 Å². The molecular weight excluding hydrogens is 340 g/mol. The lowest BCUT2D eigenvalue weighted by Gasteiger charge is -2.12. The summed E-state index contributed by atoms with van der Waals surface area (Å²) in [6.07, 6.45) is 0.837. The van der Waals surface area contributed by atoms with Crippen LogP contribution in [0.25, 0.3) is 0 Å². The van der Waals surface area contributed by atoms with E-state index in [1.165, 1.54) is 7.11 Å². The number of hydrogen-bond acceptors (Lipinski definition) is 3. The van der Waals surface area contributed by atoms with Gasteiger partial charge in [-0.15, -0.1) is 0 Å². The number of amides is 2. The van der Waals surface area contributed by atoms with Gasteiger partial charge < -0.3 is 15.4 Å². The highest BCUT2D eigenvalue weighted by atomic mass is 35.5. The molecular formula is C19H21ClN2O3. The second-order valence-corrected chi connectivity index (χ2v) is 6.07. The van der Waals surface area contributed by atoms with Crippen molar-refractivity contribution in [2.75, 3.05) is 12.4 Å². The molecule has 6 heteroatoms. The zero-order valence-corrected chi connectivity index (χ0v) is 15.2. The van der Waals surface area contributed by atoms with Gasteiger partial charge in [-0.1, -0.05) is 24.6 Å². The highest BCUT2D eigenvalue weighted by molar-refractivity contribution is 6.32. The smallest absolute Gasteiger partial charge is 0.255 e. The van der Waals surface area contributed by atoms with Crippen LogP contribution in [0.1, 0.15) is 41.0 Å². The third kappa shape index (κ3) is 4.97. The lowest BCUT2D eigenvalue weighted by Crippen LogP contribution is -2.32. The van der Waals surface area contributed by atoms with Crippen LogP contribution in [0.5, 0.6) is 5.75 Å². The molecule has 0 spiro atoms. The Morgan fingerprint density at radius 1 is 1.12 bits per heavy atom. The molecule has 25 heavy (non-hydrogen) atoms. The summed E-state index contributed by atoms with van der Waals surface area (Å²) in [5.74, 6) is 0.0132. The summed E-state index contributed by atoms with van der Waals surface area (Å²) in [5.41, 5.74) is 1.38. The molecule has 5 nitrogen and oxygen atoms in total. The highest BCUT2D eigenvalue weighted by Crippen LogP contribution is 2.27. The van der Waals surface area contributed by atoms with Crippen LogP contribution in [-0.2, 0) is 0 Å². The first-order valence-corrected chi connectivity index (χ1v) is 8.38. The van der Waals surface area contributed by atoms with E-state index < -0.39 is 0 Å². The van der Waals surface area contributed by atoms with E-state index in [0.717, 1.165) is 6.42 Å². The maximum absolute atomic E-state index is 12.4. The maximum atomic E-state index is 12.4. The van der Waals surface area contributed by atoms with Crippen molar-refractivity contribution in [2.24, 2.45) is 0 Å². The molecule has 0 radical (unpaired) electrons. The number of carbonyl (C=O) groups excluding carboxylic acids is 2. The number of methoxy groups -OCH3 is 1. The molecule has 132 valence electrons. The minimum absolute atomic E-state index is 0.0754. The molecule has 2 amide bonds. The SMILES string of the molecule is CCC(C)NC(=O)c1cccc(C(=O)Nc2ccc(OC)c(Cl)c2)c1. The summed E-state index contributed by atoms with van der Waals surface area (Å²) in [6.45, 7) is 3.93. The summed E-state index contributed by atoms with van der Waals surface area (Å²) in [6, 6.07) is 11.6. The number of halogens is 1. The van der Waals surface area contributed by atoms with Crippen molar-refractivity contribution in [1.82, 2.24) is 5.32 Å². The Labute approximate surface area is 152 Å². The Morgan fingerprint density at radius 3 is 2.40 bits per heavy atom. The summed E-state index contributed by atoms with van der Waals surface area (Å²) < 4.78 is 5.08. The first kappa shape index (κ1) is 18.8. The standard InChI is InChI=1S/C19H21ClN2O3/c1-4-12(2)21-18(23)13-6-5-7-14(10-13)19(24)22-15-8-9-17(25-3)16(20)11-15/h5-12H,4H2,1-3H3,(H,21,23)(H,22,24). The molecule has 0 aliphatic carbocycles. The van der Waals surface area contributed by atoms with Crippen molar-refractivity contribution < 1.29 is 14.3 Å². The van der Waals surface area contributed by atoms with Crippen LogP contribution in [-0.4, -0.2) is 25.0 Å². The van der Waals surface area contributed by atoms with E-state index in [4.69, 9.17) is 16.3 Å². The Bertz CT molecular complexity index is 777. The minimum atomic E-state index is -0.320. The summed E-state index contributed by atoms with van der Waals surface area (Å²) in [5, 5.41) is 6.04. The molecule has 0 saturated carbocycles. The molecule has 0 aliphatic rings. The fraction of sp³-hybridized carbons (Fsp3) is 0.263. The fourth-order valence-corrected chi connectivity index (χ4v) is 2.42. The molecule has 0 bridgehead atoms. The van der Waals surface area contributed by atoms with Gasteiger partial charge in [0.05, 0.1) is 12.1 Å². The van der Waals surface area contributed by atoms with E-state index in [0.29, 0.717) is 27.6 Å². The molecule has 2 aromatic carbocycles. The van der Waals surface area contributed by atoms with Gasteiger partial charge in [0.15, 0.2) is 0 Å². The average Bonchev–Trinajstić information content (AvgIpc) is 2.61. The Morgan fingerprint density at radius 2 is 1.80 bits per heavy atom. The van der Waals surface area contributed by atoms with Crippen LogP contribution in [0.2, 0.25) is 5.02 Å². The first-order chi connectivity index (χ1) is 11.9. The molecule has 2 aromatic rings. The molecule has 0 aliphatic heterocycles. The molecule has 0 heterocycles. The first-order valence-electron chi connectivity index (χ1n) is 8.00. The number of rotatable bonds is 6. The number of ether oxygens (including phenoxy) is 1. The van der Waals surface area contributed by atoms with Crippen molar-refractivity contribution in [1.29, 1.82) is 0 Å².